The number of ether oxygens (including phenoxy) is 5. The van der Waals surface area contributed by atoms with Crippen LogP contribution in [0.3, 0.4) is 0 Å². The first-order chi connectivity index (χ1) is 19.9. The number of hydrogen-bond acceptors (Lipinski definition) is 6. The molecule has 10 unspecified atom stereocenters. The first-order valence-electron chi connectivity index (χ1n) is 14.9. The molecule has 2 aliphatic rings. The van der Waals surface area contributed by atoms with Gasteiger partial charge in [-0.3, -0.25) is 0 Å². The fourth-order valence-electron chi connectivity index (χ4n) is 5.65. The number of rotatable bonds is 10. The summed E-state index contributed by atoms with van der Waals surface area (Å²) in [6.07, 6.45) is -1.24. The highest BCUT2D eigenvalue weighted by Crippen LogP contribution is 2.41. The fraction of sp³-hybridized carbons (Fsp3) is 0.486. The van der Waals surface area contributed by atoms with Crippen molar-refractivity contribution >= 4 is 11.8 Å². The second-order valence-electron chi connectivity index (χ2n) is 11.6. The summed E-state index contributed by atoms with van der Waals surface area (Å²) in [5, 5.41) is 0. The van der Waals surface area contributed by atoms with E-state index in [1.54, 1.807) is 11.8 Å². The predicted molar refractivity (Wildman–Crippen MR) is 163 cm³/mol. The minimum absolute atomic E-state index is 0.0150. The monoisotopic (exact) mass is 576 g/mol. The van der Waals surface area contributed by atoms with Gasteiger partial charge in [0.1, 0.15) is 17.6 Å². The summed E-state index contributed by atoms with van der Waals surface area (Å²) < 4.78 is 33.5. The first-order valence-corrected chi connectivity index (χ1v) is 15.8. The largest absolute Gasteiger partial charge is 0.368 e. The van der Waals surface area contributed by atoms with Crippen LogP contribution in [0.4, 0.5) is 0 Å². The van der Waals surface area contributed by atoms with Crippen LogP contribution in [0, 0.1) is 17.8 Å². The highest BCUT2D eigenvalue weighted by Gasteiger charge is 2.49. The second-order valence-corrected chi connectivity index (χ2v) is 12.7. The maximum absolute atomic E-state index is 7.01. The van der Waals surface area contributed by atoms with Crippen LogP contribution in [-0.2, 0) is 36.9 Å². The summed E-state index contributed by atoms with van der Waals surface area (Å²) in [4.78, 5) is 1.14. The van der Waals surface area contributed by atoms with Gasteiger partial charge in [-0.25, -0.2) is 0 Å². The Balaban J connectivity index is 1.40. The van der Waals surface area contributed by atoms with Gasteiger partial charge < -0.3 is 23.7 Å². The third kappa shape index (κ3) is 7.61. The zero-order valence-corrected chi connectivity index (χ0v) is 25.6. The Morgan fingerprint density at radius 2 is 1.07 bits per heavy atom. The molecule has 220 valence electrons. The van der Waals surface area contributed by atoms with Crippen molar-refractivity contribution in [3.63, 3.8) is 0 Å². The van der Waals surface area contributed by atoms with E-state index >= 15 is 0 Å². The lowest BCUT2D eigenvalue weighted by atomic mass is 9.83. The van der Waals surface area contributed by atoms with Crippen molar-refractivity contribution in [2.45, 2.75) is 95.0 Å². The van der Waals surface area contributed by atoms with Crippen molar-refractivity contribution in [2.75, 3.05) is 0 Å². The molecule has 2 heterocycles. The van der Waals surface area contributed by atoms with Gasteiger partial charge in [0.25, 0.3) is 0 Å². The molecule has 0 N–H and O–H groups in total. The van der Waals surface area contributed by atoms with Crippen molar-refractivity contribution in [1.29, 1.82) is 0 Å². The van der Waals surface area contributed by atoms with Gasteiger partial charge in [0, 0.05) is 10.8 Å². The van der Waals surface area contributed by atoms with Crippen LogP contribution in [0.15, 0.2) is 95.9 Å². The third-order valence-electron chi connectivity index (χ3n) is 8.76. The van der Waals surface area contributed by atoms with E-state index in [1.165, 1.54) is 0 Å². The van der Waals surface area contributed by atoms with Crippen molar-refractivity contribution < 1.29 is 23.7 Å². The summed E-state index contributed by atoms with van der Waals surface area (Å²) >= 11 is 1.69. The van der Waals surface area contributed by atoms with E-state index in [0.717, 1.165) is 16.0 Å². The summed E-state index contributed by atoms with van der Waals surface area (Å²) in [6.45, 7) is 11.9. The Bertz CT molecular complexity index is 1180. The van der Waals surface area contributed by atoms with Gasteiger partial charge in [-0.15, -0.1) is 0 Å². The molecule has 41 heavy (non-hydrogen) atoms. The molecule has 0 spiro atoms. The summed E-state index contributed by atoms with van der Waals surface area (Å²) in [7, 11) is 0. The quantitative estimate of drug-likeness (QED) is 0.246. The third-order valence-corrected chi connectivity index (χ3v) is 9.92. The molecule has 2 saturated heterocycles. The van der Waals surface area contributed by atoms with E-state index in [-0.39, 0.29) is 47.8 Å². The van der Waals surface area contributed by atoms with Gasteiger partial charge >= 0.3 is 0 Å². The van der Waals surface area contributed by atoms with E-state index in [0.29, 0.717) is 19.1 Å². The molecule has 5 nitrogen and oxygen atoms in total. The van der Waals surface area contributed by atoms with Crippen LogP contribution in [0.25, 0.3) is 0 Å². The molecule has 0 radical (unpaired) electrons. The topological polar surface area (TPSA) is 46.2 Å². The lowest BCUT2D eigenvalue weighted by Crippen LogP contribution is -2.58. The molecular formula is C35H44O5S. The zero-order valence-electron chi connectivity index (χ0n) is 24.8. The molecule has 10 atom stereocenters. The number of benzene rings is 3. The zero-order chi connectivity index (χ0) is 28.8. The first kappa shape index (κ1) is 30.3. The average molecular weight is 577 g/mol. The molecule has 5 rings (SSSR count). The predicted octanol–water partition coefficient (Wildman–Crippen LogP) is 7.73. The van der Waals surface area contributed by atoms with Crippen LogP contribution < -0.4 is 0 Å². The molecule has 2 aliphatic heterocycles. The Kier molecular flexibility index (Phi) is 10.6. The molecule has 0 amide bonds. The van der Waals surface area contributed by atoms with Gasteiger partial charge in [0.05, 0.1) is 31.5 Å². The highest BCUT2D eigenvalue weighted by atomic mass is 32.2. The normalized spacial score (nSPS) is 33.9. The standard InChI is InChI=1S/C35H44O5S/c1-23-24(2)32(36-21-28-15-9-6-10-16-28)34(38-26(23)4)40-31-25(3)27(5)39-35(41-30-19-13-8-14-20-30)33(31)37-22-29-17-11-7-12-18-29/h6-20,23-27,31-35H,21-22H2,1-5H3. The fourth-order valence-corrected chi connectivity index (χ4v) is 6.83. The minimum atomic E-state index is -0.511. The van der Waals surface area contributed by atoms with Crippen LogP contribution in [0.5, 0.6) is 0 Å². The van der Waals surface area contributed by atoms with E-state index in [4.69, 9.17) is 23.7 Å². The molecule has 2 fully saturated rings. The second kappa shape index (κ2) is 14.3. The van der Waals surface area contributed by atoms with Gasteiger partial charge in [-0.1, -0.05) is 111 Å². The van der Waals surface area contributed by atoms with Crippen molar-refractivity contribution in [1.82, 2.24) is 0 Å². The number of thioether (sulfide) groups is 1. The highest BCUT2D eigenvalue weighted by molar-refractivity contribution is 7.99. The summed E-state index contributed by atoms with van der Waals surface area (Å²) in [6, 6.07) is 31.0. The maximum atomic E-state index is 7.01. The van der Waals surface area contributed by atoms with Gasteiger partial charge in [0.2, 0.25) is 0 Å². The van der Waals surface area contributed by atoms with Crippen LogP contribution >= 0.6 is 11.8 Å². The Morgan fingerprint density at radius 3 is 1.66 bits per heavy atom. The van der Waals surface area contributed by atoms with Crippen molar-refractivity contribution in [3.05, 3.63) is 102 Å². The summed E-state index contributed by atoms with van der Waals surface area (Å²) in [5.74, 6) is 0.693. The Morgan fingerprint density at radius 1 is 0.561 bits per heavy atom. The molecular weight excluding hydrogens is 532 g/mol. The average Bonchev–Trinajstić information content (AvgIpc) is 2.99. The summed E-state index contributed by atoms with van der Waals surface area (Å²) in [5.41, 5.74) is 2.02. The lowest BCUT2D eigenvalue weighted by Gasteiger charge is -2.49. The maximum Gasteiger partial charge on any atom is 0.184 e. The molecule has 3 aromatic carbocycles. The van der Waals surface area contributed by atoms with Crippen molar-refractivity contribution in [3.8, 4) is 0 Å². The molecule has 0 aromatic heterocycles. The molecule has 6 heteroatoms. The van der Waals surface area contributed by atoms with Crippen LogP contribution in [-0.4, -0.2) is 42.2 Å². The van der Waals surface area contributed by atoms with Crippen LogP contribution in [0.1, 0.15) is 45.7 Å². The molecule has 0 saturated carbocycles. The molecule has 0 aliphatic carbocycles. The lowest BCUT2D eigenvalue weighted by molar-refractivity contribution is -0.321. The molecule has 0 bridgehead atoms. The minimum Gasteiger partial charge on any atom is -0.368 e. The number of hydrogen-bond donors (Lipinski definition) is 0. The van der Waals surface area contributed by atoms with Crippen molar-refractivity contribution in [2.24, 2.45) is 17.8 Å². The van der Waals surface area contributed by atoms with E-state index in [9.17, 15) is 0 Å². The van der Waals surface area contributed by atoms with E-state index < -0.39 is 6.29 Å². The van der Waals surface area contributed by atoms with Crippen LogP contribution in [0.2, 0.25) is 0 Å². The van der Waals surface area contributed by atoms with Gasteiger partial charge in [-0.2, -0.15) is 0 Å². The Labute approximate surface area is 249 Å². The SMILES string of the molecule is CC1OC(OC2C(C)C(C)OC(Sc3ccccc3)C2OCc2ccccc2)C(OCc2ccccc2)C(C)C1C. The van der Waals surface area contributed by atoms with E-state index in [1.807, 2.05) is 42.5 Å². The van der Waals surface area contributed by atoms with Gasteiger partial charge in [0.15, 0.2) is 6.29 Å². The smallest absolute Gasteiger partial charge is 0.184 e. The molecule has 3 aromatic rings. The van der Waals surface area contributed by atoms with E-state index in [2.05, 4.69) is 83.1 Å². The van der Waals surface area contributed by atoms with Gasteiger partial charge in [-0.05, 0) is 48.9 Å². The Hall–Kier alpha value is -2.19.